The maximum atomic E-state index is 13.7. The van der Waals surface area contributed by atoms with Crippen LogP contribution in [-0.4, -0.2) is 19.1 Å². The highest BCUT2D eigenvalue weighted by Crippen LogP contribution is 2.31. The largest absolute Gasteiger partial charge is 0.286 e. The van der Waals surface area contributed by atoms with Gasteiger partial charge < -0.3 is 0 Å². The molecule has 33 heavy (non-hydrogen) atoms. The van der Waals surface area contributed by atoms with Gasteiger partial charge in [-0.15, -0.1) is 0 Å². The summed E-state index contributed by atoms with van der Waals surface area (Å²) < 4.78 is 4.03. The van der Waals surface area contributed by atoms with Gasteiger partial charge in [0, 0.05) is 20.7 Å². The summed E-state index contributed by atoms with van der Waals surface area (Å²) in [6.45, 7) is 0. The first-order valence-electron chi connectivity index (χ1n) is 9.68. The fraction of sp³-hybridized carbons (Fsp3) is 0. The number of benzene rings is 3. The molecule has 0 aliphatic rings. The van der Waals surface area contributed by atoms with E-state index in [1.807, 2.05) is 18.2 Å². The fourth-order valence-corrected chi connectivity index (χ4v) is 4.30. The maximum absolute atomic E-state index is 13.7. The standard InChI is InChI=1S/C24H12BrCl2N5O/c25-15-4-7-17(8-5-15)32-22(19-9-6-16(26)11-20(19)27)30-23-21(24(32)33)29-13-31(23)18-3-1-2-14(10-18)12-28/h1-11,13H. The summed E-state index contributed by atoms with van der Waals surface area (Å²) in [5.41, 5.74) is 2.50. The van der Waals surface area contributed by atoms with Gasteiger partial charge in [-0.05, 0) is 60.7 Å². The monoisotopic (exact) mass is 535 g/mol. The number of nitrogens with zero attached hydrogens (tertiary/aromatic N) is 5. The molecule has 0 amide bonds. The molecule has 0 aliphatic carbocycles. The predicted molar refractivity (Wildman–Crippen MR) is 132 cm³/mol. The molecule has 0 spiro atoms. The Morgan fingerprint density at radius 1 is 0.970 bits per heavy atom. The summed E-state index contributed by atoms with van der Waals surface area (Å²) >= 11 is 16.0. The van der Waals surface area contributed by atoms with Crippen LogP contribution in [-0.2, 0) is 0 Å². The molecule has 0 atom stereocenters. The molecule has 0 bridgehead atoms. The lowest BCUT2D eigenvalue weighted by Gasteiger charge is -2.14. The van der Waals surface area contributed by atoms with Crippen molar-refractivity contribution < 1.29 is 0 Å². The molecule has 2 aromatic heterocycles. The Labute approximate surface area is 206 Å². The Hall–Kier alpha value is -3.44. The predicted octanol–water partition coefficient (Wildman–Crippen LogP) is 6.18. The first kappa shape index (κ1) is 21.4. The minimum Gasteiger partial charge on any atom is -0.283 e. The Morgan fingerprint density at radius 2 is 1.76 bits per heavy atom. The number of halogens is 3. The summed E-state index contributed by atoms with van der Waals surface area (Å²) in [6.07, 6.45) is 1.52. The first-order valence-corrected chi connectivity index (χ1v) is 11.2. The molecule has 5 rings (SSSR count). The third kappa shape index (κ3) is 3.83. The van der Waals surface area contributed by atoms with Crippen LogP contribution in [0.4, 0.5) is 0 Å². The lowest BCUT2D eigenvalue weighted by atomic mass is 10.2. The van der Waals surface area contributed by atoms with E-state index in [0.717, 1.165) is 4.47 Å². The van der Waals surface area contributed by atoms with Crippen LogP contribution in [0, 0.1) is 11.3 Å². The average Bonchev–Trinajstić information content (AvgIpc) is 3.24. The smallest absolute Gasteiger partial charge is 0.283 e. The zero-order valence-electron chi connectivity index (χ0n) is 16.7. The molecule has 0 aliphatic heterocycles. The van der Waals surface area contributed by atoms with Gasteiger partial charge >= 0.3 is 0 Å². The number of nitriles is 1. The molecule has 0 fully saturated rings. The van der Waals surface area contributed by atoms with Crippen molar-refractivity contribution in [2.45, 2.75) is 0 Å². The van der Waals surface area contributed by atoms with E-state index >= 15 is 0 Å². The Bertz CT molecular complexity index is 1630. The lowest BCUT2D eigenvalue weighted by Crippen LogP contribution is -2.22. The van der Waals surface area contributed by atoms with Crippen molar-refractivity contribution in [2.75, 3.05) is 0 Å². The van der Waals surface area contributed by atoms with Gasteiger partial charge in [0.25, 0.3) is 5.56 Å². The molecule has 0 N–H and O–H groups in total. The van der Waals surface area contributed by atoms with E-state index in [-0.39, 0.29) is 11.1 Å². The van der Waals surface area contributed by atoms with E-state index < -0.39 is 0 Å². The van der Waals surface area contributed by atoms with E-state index in [1.165, 1.54) is 10.9 Å². The Kier molecular flexibility index (Phi) is 5.51. The SMILES string of the molecule is N#Cc1cccc(-n2cnc3c(=O)n(-c4ccc(Br)cc4)c(-c4ccc(Cl)cc4Cl)nc32)c1. The molecule has 2 heterocycles. The molecule has 3 aromatic carbocycles. The third-order valence-electron chi connectivity index (χ3n) is 5.08. The Balaban J connectivity index is 1.86. The summed E-state index contributed by atoms with van der Waals surface area (Å²) in [4.78, 5) is 22.8. The van der Waals surface area contributed by atoms with Crippen LogP contribution < -0.4 is 5.56 Å². The average molecular weight is 537 g/mol. The zero-order valence-corrected chi connectivity index (χ0v) is 19.8. The Morgan fingerprint density at radius 3 is 2.48 bits per heavy atom. The van der Waals surface area contributed by atoms with Gasteiger partial charge in [-0.25, -0.2) is 9.97 Å². The van der Waals surface area contributed by atoms with Crippen LogP contribution in [0.5, 0.6) is 0 Å². The molecular formula is C24H12BrCl2N5O. The molecule has 9 heteroatoms. The minimum atomic E-state index is -0.349. The van der Waals surface area contributed by atoms with Crippen molar-refractivity contribution in [1.29, 1.82) is 5.26 Å². The van der Waals surface area contributed by atoms with Crippen molar-refractivity contribution in [3.05, 3.63) is 103 Å². The van der Waals surface area contributed by atoms with Crippen LogP contribution in [0.3, 0.4) is 0 Å². The van der Waals surface area contributed by atoms with Gasteiger partial charge in [0.1, 0.15) is 6.33 Å². The highest BCUT2D eigenvalue weighted by molar-refractivity contribution is 9.10. The molecule has 5 aromatic rings. The van der Waals surface area contributed by atoms with Gasteiger partial charge in [-0.3, -0.25) is 13.9 Å². The van der Waals surface area contributed by atoms with Crippen molar-refractivity contribution in [3.63, 3.8) is 0 Å². The van der Waals surface area contributed by atoms with Gasteiger partial charge in [-0.2, -0.15) is 5.26 Å². The van der Waals surface area contributed by atoms with Crippen molar-refractivity contribution in [3.8, 4) is 28.8 Å². The lowest BCUT2D eigenvalue weighted by molar-refractivity contribution is 0.961. The second-order valence-corrected chi connectivity index (χ2v) is 8.88. The topological polar surface area (TPSA) is 76.5 Å². The molecule has 6 nitrogen and oxygen atoms in total. The normalized spacial score (nSPS) is 11.0. The van der Waals surface area contributed by atoms with Crippen molar-refractivity contribution in [2.24, 2.45) is 0 Å². The minimum absolute atomic E-state index is 0.189. The van der Waals surface area contributed by atoms with E-state index in [9.17, 15) is 10.1 Å². The molecule has 160 valence electrons. The van der Waals surface area contributed by atoms with Gasteiger partial charge in [0.2, 0.25) is 0 Å². The number of hydrogen-bond donors (Lipinski definition) is 0. The van der Waals surface area contributed by atoms with E-state index in [4.69, 9.17) is 28.2 Å². The van der Waals surface area contributed by atoms with Crippen molar-refractivity contribution >= 4 is 50.3 Å². The molecule has 0 radical (unpaired) electrons. The van der Waals surface area contributed by atoms with Gasteiger partial charge in [0.05, 0.1) is 22.3 Å². The van der Waals surface area contributed by atoms with Crippen LogP contribution in [0.2, 0.25) is 10.0 Å². The van der Waals surface area contributed by atoms with Crippen LogP contribution in [0.25, 0.3) is 33.9 Å². The second-order valence-electron chi connectivity index (χ2n) is 7.13. The number of aromatic nitrogens is 4. The molecular weight excluding hydrogens is 525 g/mol. The van der Waals surface area contributed by atoms with Crippen LogP contribution in [0.1, 0.15) is 5.56 Å². The van der Waals surface area contributed by atoms with Gasteiger partial charge in [0.15, 0.2) is 17.0 Å². The number of hydrogen-bond acceptors (Lipinski definition) is 4. The highest BCUT2D eigenvalue weighted by atomic mass is 79.9. The number of rotatable bonds is 3. The summed E-state index contributed by atoms with van der Waals surface area (Å²) in [5.74, 6) is 0.342. The van der Waals surface area contributed by atoms with Crippen LogP contribution in [0.15, 0.2) is 82.3 Å². The van der Waals surface area contributed by atoms with E-state index in [0.29, 0.717) is 44.0 Å². The maximum Gasteiger partial charge on any atom is 0.286 e. The van der Waals surface area contributed by atoms with Gasteiger partial charge in [-0.1, -0.05) is 45.2 Å². The highest BCUT2D eigenvalue weighted by Gasteiger charge is 2.20. The summed E-state index contributed by atoms with van der Waals surface area (Å²) in [5, 5.41) is 10.1. The van der Waals surface area contributed by atoms with E-state index in [1.54, 1.807) is 53.1 Å². The first-order chi connectivity index (χ1) is 16.0. The molecule has 0 saturated heterocycles. The fourth-order valence-electron chi connectivity index (χ4n) is 3.55. The number of fused-ring (bicyclic) bond motifs is 1. The zero-order chi connectivity index (χ0) is 23.1. The quantitative estimate of drug-likeness (QED) is 0.276. The third-order valence-corrected chi connectivity index (χ3v) is 6.16. The summed E-state index contributed by atoms with van der Waals surface area (Å²) in [7, 11) is 0. The van der Waals surface area contributed by atoms with Crippen LogP contribution >= 0.6 is 39.1 Å². The summed E-state index contributed by atoms with van der Waals surface area (Å²) in [6, 6.07) is 21.4. The van der Waals surface area contributed by atoms with Crippen molar-refractivity contribution in [1.82, 2.24) is 19.1 Å². The molecule has 0 unspecified atom stereocenters. The number of imidazole rings is 1. The molecule has 0 saturated carbocycles. The second kappa shape index (κ2) is 8.49. The van der Waals surface area contributed by atoms with E-state index in [2.05, 4.69) is 27.0 Å².